The first kappa shape index (κ1) is 14.8. The highest BCUT2D eigenvalue weighted by atomic mass is 16.5. The average Bonchev–Trinajstić information content (AvgIpc) is 2.50. The minimum atomic E-state index is -0.193. The fourth-order valence-electron chi connectivity index (χ4n) is 1.80. The smallest absolute Gasteiger partial charge is 0.266 e. The molecule has 0 radical (unpaired) electrons. The van der Waals surface area contributed by atoms with E-state index in [1.807, 2.05) is 6.92 Å². The maximum atomic E-state index is 11.9. The highest BCUT2D eigenvalue weighted by Gasteiger charge is 2.05. The Morgan fingerprint density at radius 1 is 1.29 bits per heavy atom. The van der Waals surface area contributed by atoms with Crippen LogP contribution in [0.15, 0.2) is 47.4 Å². The number of carbonyl (C=O) groups is 1. The number of hydrogen-bond donors (Lipinski definition) is 1. The Morgan fingerprint density at radius 3 is 2.71 bits per heavy atom. The molecule has 0 spiro atoms. The van der Waals surface area contributed by atoms with Crippen LogP contribution in [0.1, 0.15) is 17.3 Å². The number of aromatic nitrogens is 2. The van der Waals surface area contributed by atoms with E-state index in [4.69, 9.17) is 4.74 Å². The number of benzene rings is 1. The molecule has 1 heterocycles. The summed E-state index contributed by atoms with van der Waals surface area (Å²) in [6.45, 7) is 3.16. The van der Waals surface area contributed by atoms with Gasteiger partial charge < -0.3 is 10.1 Å². The minimum absolute atomic E-state index is 0.187. The normalized spacial score (nSPS) is 10.1. The van der Waals surface area contributed by atoms with Gasteiger partial charge in [0, 0.05) is 24.4 Å². The number of nitrogens with zero attached hydrogens (tertiary/aromatic N) is 2. The zero-order valence-corrected chi connectivity index (χ0v) is 11.8. The zero-order chi connectivity index (χ0) is 15.1. The van der Waals surface area contributed by atoms with Gasteiger partial charge in [-0.15, -0.1) is 0 Å². The summed E-state index contributed by atoms with van der Waals surface area (Å²) in [5.41, 5.74) is 0.361. The molecule has 1 N–H and O–H groups in total. The molecule has 6 nitrogen and oxygen atoms in total. The van der Waals surface area contributed by atoms with Crippen LogP contribution in [-0.4, -0.2) is 28.8 Å². The van der Waals surface area contributed by atoms with Crippen LogP contribution in [0.2, 0.25) is 0 Å². The van der Waals surface area contributed by atoms with E-state index in [2.05, 4.69) is 10.4 Å². The van der Waals surface area contributed by atoms with E-state index < -0.39 is 0 Å². The van der Waals surface area contributed by atoms with Crippen molar-refractivity contribution in [3.8, 4) is 5.75 Å². The third-order valence-electron chi connectivity index (χ3n) is 2.82. The summed E-state index contributed by atoms with van der Waals surface area (Å²) in [4.78, 5) is 23.4. The molecule has 0 bridgehead atoms. The van der Waals surface area contributed by atoms with Crippen molar-refractivity contribution in [3.63, 3.8) is 0 Å². The van der Waals surface area contributed by atoms with Gasteiger partial charge in [-0.25, -0.2) is 4.68 Å². The Morgan fingerprint density at radius 2 is 2.05 bits per heavy atom. The van der Waals surface area contributed by atoms with Gasteiger partial charge in [-0.2, -0.15) is 5.10 Å². The SMILES string of the molecule is CCOc1ccc(C(=O)NCCn2ncccc2=O)cc1. The predicted molar refractivity (Wildman–Crippen MR) is 78.4 cm³/mol. The molecule has 2 rings (SSSR count). The lowest BCUT2D eigenvalue weighted by atomic mass is 10.2. The maximum Gasteiger partial charge on any atom is 0.266 e. The Kier molecular flexibility index (Phi) is 5.09. The summed E-state index contributed by atoms with van der Waals surface area (Å²) in [6, 6.07) is 9.92. The second kappa shape index (κ2) is 7.23. The van der Waals surface area contributed by atoms with Crippen LogP contribution in [0.5, 0.6) is 5.75 Å². The van der Waals surface area contributed by atoms with E-state index in [-0.39, 0.29) is 11.5 Å². The van der Waals surface area contributed by atoms with Crippen molar-refractivity contribution in [3.05, 3.63) is 58.5 Å². The van der Waals surface area contributed by atoms with Crippen molar-refractivity contribution >= 4 is 5.91 Å². The molecule has 0 fully saturated rings. The molecule has 0 atom stereocenters. The molecule has 1 aromatic carbocycles. The number of carbonyl (C=O) groups excluding carboxylic acids is 1. The molecule has 0 saturated heterocycles. The molecular weight excluding hydrogens is 270 g/mol. The highest BCUT2D eigenvalue weighted by molar-refractivity contribution is 5.94. The fraction of sp³-hybridized carbons (Fsp3) is 0.267. The van der Waals surface area contributed by atoms with Gasteiger partial charge in [0.05, 0.1) is 13.2 Å². The lowest BCUT2D eigenvalue weighted by molar-refractivity contribution is 0.0951. The molecule has 0 unspecified atom stereocenters. The van der Waals surface area contributed by atoms with Gasteiger partial charge in [-0.05, 0) is 37.3 Å². The summed E-state index contributed by atoms with van der Waals surface area (Å²) in [5.74, 6) is 0.538. The number of rotatable bonds is 6. The molecule has 21 heavy (non-hydrogen) atoms. The second-order valence-corrected chi connectivity index (χ2v) is 4.30. The van der Waals surface area contributed by atoms with Gasteiger partial charge in [0.15, 0.2) is 0 Å². The Labute approximate surface area is 122 Å². The largest absolute Gasteiger partial charge is 0.494 e. The van der Waals surface area contributed by atoms with Gasteiger partial charge in [0.1, 0.15) is 5.75 Å². The molecule has 2 aromatic rings. The van der Waals surface area contributed by atoms with Gasteiger partial charge in [-0.3, -0.25) is 9.59 Å². The third kappa shape index (κ3) is 4.17. The first-order valence-electron chi connectivity index (χ1n) is 6.74. The minimum Gasteiger partial charge on any atom is -0.494 e. The zero-order valence-electron chi connectivity index (χ0n) is 11.8. The molecule has 110 valence electrons. The summed E-state index contributed by atoms with van der Waals surface area (Å²) in [6.07, 6.45) is 1.54. The Balaban J connectivity index is 1.87. The van der Waals surface area contributed by atoms with Crippen LogP contribution < -0.4 is 15.6 Å². The second-order valence-electron chi connectivity index (χ2n) is 4.30. The van der Waals surface area contributed by atoms with Crippen LogP contribution >= 0.6 is 0 Å². The van der Waals surface area contributed by atoms with Crippen LogP contribution in [0.3, 0.4) is 0 Å². The summed E-state index contributed by atoms with van der Waals surface area (Å²) < 4.78 is 6.62. The van der Waals surface area contributed by atoms with Crippen molar-refractivity contribution in [2.24, 2.45) is 0 Å². The molecule has 6 heteroatoms. The van der Waals surface area contributed by atoms with E-state index >= 15 is 0 Å². The van der Waals surface area contributed by atoms with Crippen LogP contribution in [0, 0.1) is 0 Å². The van der Waals surface area contributed by atoms with Crippen molar-refractivity contribution in [2.75, 3.05) is 13.2 Å². The van der Waals surface area contributed by atoms with Crippen molar-refractivity contribution < 1.29 is 9.53 Å². The highest BCUT2D eigenvalue weighted by Crippen LogP contribution is 2.11. The van der Waals surface area contributed by atoms with E-state index in [1.165, 1.54) is 16.9 Å². The monoisotopic (exact) mass is 287 g/mol. The van der Waals surface area contributed by atoms with E-state index in [0.29, 0.717) is 25.3 Å². The van der Waals surface area contributed by atoms with Gasteiger partial charge in [0.2, 0.25) is 0 Å². The number of amides is 1. The maximum absolute atomic E-state index is 11.9. The van der Waals surface area contributed by atoms with Crippen molar-refractivity contribution in [1.29, 1.82) is 0 Å². The van der Waals surface area contributed by atoms with E-state index in [1.54, 1.807) is 30.3 Å². The molecule has 0 saturated carbocycles. The first-order chi connectivity index (χ1) is 10.2. The third-order valence-corrected chi connectivity index (χ3v) is 2.82. The quantitative estimate of drug-likeness (QED) is 0.862. The summed E-state index contributed by atoms with van der Waals surface area (Å²) in [5, 5.41) is 6.66. The van der Waals surface area contributed by atoms with Crippen LogP contribution in [0.4, 0.5) is 0 Å². The number of ether oxygens (including phenoxy) is 1. The lowest BCUT2D eigenvalue weighted by Crippen LogP contribution is -2.31. The van der Waals surface area contributed by atoms with Crippen LogP contribution in [0.25, 0.3) is 0 Å². The molecule has 0 aliphatic rings. The first-order valence-corrected chi connectivity index (χ1v) is 6.74. The standard InChI is InChI=1S/C15H17N3O3/c1-2-21-13-7-5-12(6-8-13)15(20)16-10-11-18-14(19)4-3-9-17-18/h3-9H,2,10-11H2,1H3,(H,16,20). The van der Waals surface area contributed by atoms with Crippen LogP contribution in [-0.2, 0) is 6.54 Å². The number of nitrogens with one attached hydrogen (secondary N) is 1. The molecular formula is C15H17N3O3. The Bertz CT molecular complexity index is 650. The summed E-state index contributed by atoms with van der Waals surface area (Å²) >= 11 is 0. The Hall–Kier alpha value is -2.63. The molecule has 1 amide bonds. The van der Waals surface area contributed by atoms with E-state index in [0.717, 1.165) is 5.75 Å². The van der Waals surface area contributed by atoms with E-state index in [9.17, 15) is 9.59 Å². The summed E-state index contributed by atoms with van der Waals surface area (Å²) in [7, 11) is 0. The van der Waals surface area contributed by atoms with Crippen molar-refractivity contribution in [2.45, 2.75) is 13.5 Å². The molecule has 0 aliphatic carbocycles. The fourth-order valence-corrected chi connectivity index (χ4v) is 1.80. The van der Waals surface area contributed by atoms with Gasteiger partial charge >= 0.3 is 0 Å². The predicted octanol–water partition coefficient (Wildman–Crippen LogP) is 1.07. The molecule has 0 aliphatic heterocycles. The van der Waals surface area contributed by atoms with Gasteiger partial charge in [-0.1, -0.05) is 0 Å². The van der Waals surface area contributed by atoms with Gasteiger partial charge in [0.25, 0.3) is 11.5 Å². The number of hydrogen-bond acceptors (Lipinski definition) is 4. The average molecular weight is 287 g/mol. The molecule has 1 aromatic heterocycles. The van der Waals surface area contributed by atoms with Crippen molar-refractivity contribution in [1.82, 2.24) is 15.1 Å². The topological polar surface area (TPSA) is 73.2 Å². The lowest BCUT2D eigenvalue weighted by Gasteiger charge is -2.07.